The van der Waals surface area contributed by atoms with Gasteiger partial charge in [-0.2, -0.15) is 0 Å². The minimum absolute atomic E-state index is 0.189. The van der Waals surface area contributed by atoms with Crippen molar-refractivity contribution in [3.05, 3.63) is 23.5 Å². The molecule has 1 aliphatic heterocycles. The Labute approximate surface area is 124 Å². The van der Waals surface area contributed by atoms with E-state index in [1.807, 2.05) is 27.7 Å². The first-order chi connectivity index (χ1) is 9.71. The smallest absolute Gasteiger partial charge is 0.399 e. The molecule has 1 aliphatic rings. The molecule has 7 heteroatoms. The third-order valence-corrected chi connectivity index (χ3v) is 4.06. The van der Waals surface area contributed by atoms with Gasteiger partial charge in [-0.05, 0) is 33.8 Å². The maximum atomic E-state index is 12.0. The zero-order chi connectivity index (χ0) is 15.8. The Balaban J connectivity index is 2.45. The van der Waals surface area contributed by atoms with Gasteiger partial charge in [0.25, 0.3) is 5.91 Å². The van der Waals surface area contributed by atoms with Gasteiger partial charge in [0.15, 0.2) is 6.29 Å². The van der Waals surface area contributed by atoms with Crippen molar-refractivity contribution in [1.82, 2.24) is 10.3 Å². The molecule has 0 spiro atoms. The molecule has 0 bridgehead atoms. The van der Waals surface area contributed by atoms with Crippen molar-refractivity contribution < 1.29 is 18.9 Å². The monoisotopic (exact) mass is 290 g/mol. The first kappa shape index (κ1) is 15.7. The Kier molecular flexibility index (Phi) is 3.90. The summed E-state index contributed by atoms with van der Waals surface area (Å²) in [4.78, 5) is 26.9. The molecule has 1 amide bonds. The minimum atomic E-state index is -0.699. The first-order valence-electron chi connectivity index (χ1n) is 6.74. The van der Waals surface area contributed by atoms with Crippen LogP contribution in [0.15, 0.2) is 12.3 Å². The highest BCUT2D eigenvalue weighted by Gasteiger charge is 2.52. The summed E-state index contributed by atoms with van der Waals surface area (Å²) in [7, 11) is 0.827. The maximum absolute atomic E-state index is 12.0. The highest BCUT2D eigenvalue weighted by molar-refractivity contribution is 6.63. The molecular formula is C14H19BN2O4. The number of amides is 1. The van der Waals surface area contributed by atoms with E-state index in [-0.39, 0.29) is 11.6 Å². The van der Waals surface area contributed by atoms with Gasteiger partial charge in [-0.1, -0.05) is 0 Å². The summed E-state index contributed by atoms with van der Waals surface area (Å²) in [5.74, 6) is -0.315. The number of nitrogens with zero attached hydrogens (tertiary/aromatic N) is 1. The van der Waals surface area contributed by atoms with Gasteiger partial charge in [0.05, 0.1) is 11.2 Å². The van der Waals surface area contributed by atoms with Crippen LogP contribution in [0.2, 0.25) is 0 Å². The van der Waals surface area contributed by atoms with Crippen LogP contribution in [0.1, 0.15) is 48.5 Å². The van der Waals surface area contributed by atoms with E-state index in [0.717, 1.165) is 0 Å². The summed E-state index contributed by atoms with van der Waals surface area (Å²) < 4.78 is 11.9. The van der Waals surface area contributed by atoms with Crippen molar-refractivity contribution in [3.8, 4) is 0 Å². The van der Waals surface area contributed by atoms with E-state index in [1.165, 1.54) is 19.3 Å². The molecule has 0 aromatic carbocycles. The van der Waals surface area contributed by atoms with Gasteiger partial charge in [-0.25, -0.2) is 0 Å². The lowest BCUT2D eigenvalue weighted by atomic mass is 9.76. The lowest BCUT2D eigenvalue weighted by Crippen LogP contribution is -2.41. The molecule has 2 rings (SSSR count). The molecule has 1 aromatic rings. The van der Waals surface area contributed by atoms with E-state index in [0.29, 0.717) is 17.3 Å². The van der Waals surface area contributed by atoms with Crippen LogP contribution in [-0.4, -0.2) is 42.5 Å². The van der Waals surface area contributed by atoms with Crippen LogP contribution in [-0.2, 0) is 9.31 Å². The third-order valence-electron chi connectivity index (χ3n) is 4.06. The van der Waals surface area contributed by atoms with Crippen molar-refractivity contribution in [2.75, 3.05) is 7.05 Å². The number of carbonyl (C=O) groups excluding carboxylic acids is 2. The molecule has 112 valence electrons. The number of aldehydes is 1. The molecule has 6 nitrogen and oxygen atoms in total. The van der Waals surface area contributed by atoms with Crippen molar-refractivity contribution >= 4 is 24.8 Å². The van der Waals surface area contributed by atoms with E-state index >= 15 is 0 Å². The fourth-order valence-corrected chi connectivity index (χ4v) is 2.04. The van der Waals surface area contributed by atoms with Gasteiger partial charge in [-0.15, -0.1) is 0 Å². The van der Waals surface area contributed by atoms with Crippen LogP contribution in [0.3, 0.4) is 0 Å². The Hall–Kier alpha value is -1.73. The molecule has 0 unspecified atom stereocenters. The lowest BCUT2D eigenvalue weighted by molar-refractivity contribution is 0.00578. The van der Waals surface area contributed by atoms with Gasteiger partial charge in [0, 0.05) is 24.3 Å². The van der Waals surface area contributed by atoms with Crippen molar-refractivity contribution in [3.63, 3.8) is 0 Å². The van der Waals surface area contributed by atoms with Crippen LogP contribution in [0, 0.1) is 0 Å². The molecule has 21 heavy (non-hydrogen) atoms. The van der Waals surface area contributed by atoms with Crippen LogP contribution >= 0.6 is 0 Å². The maximum Gasteiger partial charge on any atom is 0.497 e. The fraction of sp³-hybridized carbons (Fsp3) is 0.500. The summed E-state index contributed by atoms with van der Waals surface area (Å²) in [6.45, 7) is 7.72. The summed E-state index contributed by atoms with van der Waals surface area (Å²) >= 11 is 0. The molecule has 2 heterocycles. The number of hydrogen-bond donors (Lipinski definition) is 1. The summed E-state index contributed by atoms with van der Waals surface area (Å²) in [6, 6.07) is 1.44. The number of nitrogens with one attached hydrogen (secondary N) is 1. The lowest BCUT2D eigenvalue weighted by Gasteiger charge is -2.32. The van der Waals surface area contributed by atoms with Gasteiger partial charge in [0.2, 0.25) is 0 Å². The molecule has 0 aliphatic carbocycles. The molecule has 0 saturated carbocycles. The minimum Gasteiger partial charge on any atom is -0.399 e. The number of aromatic nitrogens is 1. The average Bonchev–Trinajstić information content (AvgIpc) is 2.65. The summed E-state index contributed by atoms with van der Waals surface area (Å²) in [5, 5.41) is 2.54. The number of hydrogen-bond acceptors (Lipinski definition) is 5. The molecule has 0 radical (unpaired) electrons. The largest absolute Gasteiger partial charge is 0.497 e. The van der Waals surface area contributed by atoms with Gasteiger partial charge in [-0.3, -0.25) is 14.6 Å². The average molecular weight is 290 g/mol. The van der Waals surface area contributed by atoms with Crippen molar-refractivity contribution in [2.24, 2.45) is 0 Å². The van der Waals surface area contributed by atoms with Crippen LogP contribution in [0.25, 0.3) is 0 Å². The summed E-state index contributed by atoms with van der Waals surface area (Å²) in [6.07, 6.45) is 2.05. The second-order valence-corrected chi connectivity index (χ2v) is 5.98. The first-order valence-corrected chi connectivity index (χ1v) is 6.74. The second-order valence-electron chi connectivity index (χ2n) is 5.98. The topological polar surface area (TPSA) is 77.5 Å². The predicted octanol–water partition coefficient (Wildman–Crippen LogP) is 0.553. The second kappa shape index (κ2) is 5.24. The Morgan fingerprint density at radius 3 is 2.33 bits per heavy atom. The standard InChI is InChI=1S/C14H19BN2O4/c1-13(2)14(3,4)21-15(20-13)11-7-17-9(8-18)6-10(11)12(19)16-5/h6-8H,1-5H3,(H,16,19). The van der Waals surface area contributed by atoms with Crippen LogP contribution in [0.4, 0.5) is 0 Å². The summed E-state index contributed by atoms with van der Waals surface area (Å²) in [5.41, 5.74) is 0.00243. The highest BCUT2D eigenvalue weighted by Crippen LogP contribution is 2.36. The number of rotatable bonds is 3. The van der Waals surface area contributed by atoms with Crippen LogP contribution < -0.4 is 10.8 Å². The van der Waals surface area contributed by atoms with E-state index < -0.39 is 18.3 Å². The zero-order valence-corrected chi connectivity index (χ0v) is 12.9. The molecule has 1 saturated heterocycles. The van der Waals surface area contributed by atoms with E-state index in [1.54, 1.807) is 0 Å². The van der Waals surface area contributed by atoms with Crippen molar-refractivity contribution in [2.45, 2.75) is 38.9 Å². The quantitative estimate of drug-likeness (QED) is 0.650. The van der Waals surface area contributed by atoms with E-state index in [9.17, 15) is 9.59 Å². The molecular weight excluding hydrogens is 271 g/mol. The zero-order valence-electron chi connectivity index (χ0n) is 12.9. The van der Waals surface area contributed by atoms with Gasteiger partial charge < -0.3 is 14.6 Å². The Morgan fingerprint density at radius 1 is 1.29 bits per heavy atom. The van der Waals surface area contributed by atoms with Crippen molar-refractivity contribution in [1.29, 1.82) is 0 Å². The highest BCUT2D eigenvalue weighted by atomic mass is 16.7. The molecule has 1 N–H and O–H groups in total. The van der Waals surface area contributed by atoms with Crippen LogP contribution in [0.5, 0.6) is 0 Å². The van der Waals surface area contributed by atoms with Gasteiger partial charge >= 0.3 is 7.12 Å². The van der Waals surface area contributed by atoms with Gasteiger partial charge in [0.1, 0.15) is 5.69 Å². The number of pyridine rings is 1. The normalized spacial score (nSPS) is 19.4. The fourth-order valence-electron chi connectivity index (χ4n) is 2.04. The molecule has 1 aromatic heterocycles. The van der Waals surface area contributed by atoms with E-state index in [2.05, 4.69) is 10.3 Å². The SMILES string of the molecule is CNC(=O)c1cc(C=O)ncc1B1OC(C)(C)C(C)(C)O1. The predicted molar refractivity (Wildman–Crippen MR) is 78.7 cm³/mol. The molecule has 1 fully saturated rings. The third kappa shape index (κ3) is 2.71. The Morgan fingerprint density at radius 2 is 1.86 bits per heavy atom. The molecule has 0 atom stereocenters. The number of carbonyl (C=O) groups is 2. The van der Waals surface area contributed by atoms with E-state index in [4.69, 9.17) is 9.31 Å². The Bertz CT molecular complexity index is 570.